The predicted molar refractivity (Wildman–Crippen MR) is 128 cm³/mol. The molecule has 2 aromatic heterocycles. The van der Waals surface area contributed by atoms with Crippen molar-refractivity contribution in [3.8, 4) is 17.0 Å². The minimum absolute atomic E-state index is 0.0396. The number of carbonyl (C=O) groups excluding carboxylic acids is 1. The van der Waals surface area contributed by atoms with Crippen LogP contribution in [0.5, 0.6) is 5.75 Å². The van der Waals surface area contributed by atoms with Crippen LogP contribution in [-0.4, -0.2) is 46.7 Å². The molecular weight excluding hydrogens is 416 g/mol. The van der Waals surface area contributed by atoms with Gasteiger partial charge in [-0.15, -0.1) is 5.10 Å². The van der Waals surface area contributed by atoms with Crippen LogP contribution in [0.2, 0.25) is 0 Å². The SMILES string of the molecule is COc1cccc(-c2cccc3nc(Nc4ccc(C(=O)NC5CCNCC5)cc4)nn23)c1. The highest BCUT2D eigenvalue weighted by atomic mass is 16.5. The molecule has 3 N–H and O–H groups in total. The molecule has 1 fully saturated rings. The van der Waals surface area contributed by atoms with Gasteiger partial charge < -0.3 is 20.7 Å². The minimum Gasteiger partial charge on any atom is -0.497 e. The van der Waals surface area contributed by atoms with E-state index in [1.807, 2.05) is 66.7 Å². The summed E-state index contributed by atoms with van der Waals surface area (Å²) in [6.07, 6.45) is 1.92. The highest BCUT2D eigenvalue weighted by Gasteiger charge is 2.16. The van der Waals surface area contributed by atoms with Crippen LogP contribution in [0.4, 0.5) is 11.6 Å². The standard InChI is InChI=1S/C25H26N6O2/c1-33-21-5-2-4-18(16-21)22-6-3-7-23-29-25(30-31(22)23)28-19-10-8-17(9-11-19)24(32)27-20-12-14-26-15-13-20/h2-11,16,20,26H,12-15H2,1H3,(H,27,32)(H,28,30). The average Bonchev–Trinajstić information content (AvgIpc) is 3.27. The maximum absolute atomic E-state index is 12.5. The molecule has 1 saturated heterocycles. The van der Waals surface area contributed by atoms with Crippen molar-refractivity contribution in [2.75, 3.05) is 25.5 Å². The number of piperidine rings is 1. The van der Waals surface area contributed by atoms with E-state index in [9.17, 15) is 4.79 Å². The molecule has 0 radical (unpaired) electrons. The summed E-state index contributed by atoms with van der Waals surface area (Å²) < 4.78 is 7.16. The third kappa shape index (κ3) is 4.65. The van der Waals surface area contributed by atoms with Gasteiger partial charge in [-0.1, -0.05) is 18.2 Å². The topological polar surface area (TPSA) is 92.6 Å². The molecule has 4 aromatic rings. The van der Waals surface area contributed by atoms with Gasteiger partial charge in [0, 0.05) is 22.9 Å². The number of nitrogens with one attached hydrogen (secondary N) is 3. The Balaban J connectivity index is 1.32. The summed E-state index contributed by atoms with van der Waals surface area (Å²) in [4.78, 5) is 17.1. The number of anilines is 2. The zero-order chi connectivity index (χ0) is 22.6. The predicted octanol–water partition coefficient (Wildman–Crippen LogP) is 3.63. The van der Waals surface area contributed by atoms with E-state index in [2.05, 4.69) is 26.0 Å². The minimum atomic E-state index is -0.0396. The number of benzene rings is 2. The summed E-state index contributed by atoms with van der Waals surface area (Å²) in [7, 11) is 1.65. The fraction of sp³-hybridized carbons (Fsp3) is 0.240. The molecule has 0 aliphatic carbocycles. The molecule has 8 heteroatoms. The van der Waals surface area contributed by atoms with E-state index in [4.69, 9.17) is 4.74 Å². The zero-order valence-electron chi connectivity index (χ0n) is 18.4. The van der Waals surface area contributed by atoms with E-state index >= 15 is 0 Å². The molecule has 1 amide bonds. The van der Waals surface area contributed by atoms with Gasteiger partial charge in [0.1, 0.15) is 5.75 Å². The van der Waals surface area contributed by atoms with E-state index in [1.165, 1.54) is 0 Å². The van der Waals surface area contributed by atoms with Gasteiger partial charge in [0.25, 0.3) is 5.91 Å². The third-order valence-corrected chi connectivity index (χ3v) is 5.80. The third-order valence-electron chi connectivity index (χ3n) is 5.80. The molecule has 3 heterocycles. The fourth-order valence-electron chi connectivity index (χ4n) is 4.03. The van der Waals surface area contributed by atoms with Crippen molar-refractivity contribution >= 4 is 23.2 Å². The quantitative estimate of drug-likeness (QED) is 0.422. The van der Waals surface area contributed by atoms with Crippen LogP contribution >= 0.6 is 0 Å². The summed E-state index contributed by atoms with van der Waals surface area (Å²) in [5.41, 5.74) is 4.09. The van der Waals surface area contributed by atoms with Gasteiger partial charge in [0.2, 0.25) is 5.95 Å². The molecule has 0 spiro atoms. The molecule has 0 saturated carbocycles. The van der Waals surface area contributed by atoms with Crippen LogP contribution in [0, 0.1) is 0 Å². The molecule has 0 atom stereocenters. The first-order chi connectivity index (χ1) is 16.2. The van der Waals surface area contributed by atoms with Gasteiger partial charge in [-0.3, -0.25) is 4.79 Å². The second kappa shape index (κ2) is 9.30. The van der Waals surface area contributed by atoms with Crippen molar-refractivity contribution < 1.29 is 9.53 Å². The first-order valence-electron chi connectivity index (χ1n) is 11.1. The number of nitrogens with zero attached hydrogens (tertiary/aromatic N) is 3. The number of hydrogen-bond donors (Lipinski definition) is 3. The molecule has 2 aromatic carbocycles. The smallest absolute Gasteiger partial charge is 0.251 e. The largest absolute Gasteiger partial charge is 0.497 e. The second-order valence-electron chi connectivity index (χ2n) is 8.05. The monoisotopic (exact) mass is 442 g/mol. The lowest BCUT2D eigenvalue weighted by atomic mass is 10.1. The molecule has 0 unspecified atom stereocenters. The number of fused-ring (bicyclic) bond motifs is 1. The van der Waals surface area contributed by atoms with Gasteiger partial charge in [-0.2, -0.15) is 4.98 Å². The first-order valence-corrected chi connectivity index (χ1v) is 11.1. The lowest BCUT2D eigenvalue weighted by Gasteiger charge is -2.23. The van der Waals surface area contributed by atoms with E-state index in [0.717, 1.165) is 54.3 Å². The second-order valence-corrected chi connectivity index (χ2v) is 8.05. The summed E-state index contributed by atoms with van der Waals surface area (Å²) in [5.74, 6) is 1.23. The van der Waals surface area contributed by atoms with Crippen LogP contribution < -0.4 is 20.7 Å². The lowest BCUT2D eigenvalue weighted by Crippen LogP contribution is -2.42. The Labute approximate surface area is 192 Å². The normalized spacial score (nSPS) is 14.2. The molecule has 1 aliphatic rings. The molecule has 33 heavy (non-hydrogen) atoms. The van der Waals surface area contributed by atoms with Crippen LogP contribution in [0.25, 0.3) is 16.9 Å². The van der Waals surface area contributed by atoms with Crippen LogP contribution in [0.3, 0.4) is 0 Å². The van der Waals surface area contributed by atoms with E-state index < -0.39 is 0 Å². The van der Waals surface area contributed by atoms with Crippen LogP contribution in [0.1, 0.15) is 23.2 Å². The van der Waals surface area contributed by atoms with Crippen molar-refractivity contribution in [3.05, 3.63) is 72.3 Å². The van der Waals surface area contributed by atoms with Gasteiger partial charge in [-0.05, 0) is 74.5 Å². The van der Waals surface area contributed by atoms with Gasteiger partial charge in [0.05, 0.1) is 12.8 Å². The van der Waals surface area contributed by atoms with Crippen molar-refractivity contribution in [3.63, 3.8) is 0 Å². The Kier molecular flexibility index (Phi) is 5.91. The lowest BCUT2D eigenvalue weighted by molar-refractivity contribution is 0.0929. The number of rotatable bonds is 6. The average molecular weight is 443 g/mol. The van der Waals surface area contributed by atoms with Crippen molar-refractivity contribution in [1.29, 1.82) is 0 Å². The highest BCUT2D eigenvalue weighted by molar-refractivity contribution is 5.94. The van der Waals surface area contributed by atoms with E-state index in [-0.39, 0.29) is 11.9 Å². The number of carbonyl (C=O) groups is 1. The Morgan fingerprint density at radius 3 is 2.64 bits per heavy atom. The Morgan fingerprint density at radius 2 is 1.85 bits per heavy atom. The number of ether oxygens (including phenoxy) is 1. The van der Waals surface area contributed by atoms with Gasteiger partial charge in [0.15, 0.2) is 5.65 Å². The van der Waals surface area contributed by atoms with Gasteiger partial charge in [-0.25, -0.2) is 4.52 Å². The number of aromatic nitrogens is 3. The summed E-state index contributed by atoms with van der Waals surface area (Å²) in [5, 5.41) is 14.3. The molecule has 5 rings (SSSR count). The Bertz CT molecular complexity index is 1260. The van der Waals surface area contributed by atoms with Gasteiger partial charge >= 0.3 is 0 Å². The molecule has 168 valence electrons. The Hall–Kier alpha value is -3.91. The Morgan fingerprint density at radius 1 is 1.06 bits per heavy atom. The van der Waals surface area contributed by atoms with E-state index in [0.29, 0.717) is 11.5 Å². The summed E-state index contributed by atoms with van der Waals surface area (Å²) in [6, 6.07) is 21.3. The summed E-state index contributed by atoms with van der Waals surface area (Å²) in [6.45, 7) is 1.89. The zero-order valence-corrected chi connectivity index (χ0v) is 18.4. The van der Waals surface area contributed by atoms with Crippen LogP contribution in [-0.2, 0) is 0 Å². The molecular formula is C25H26N6O2. The maximum atomic E-state index is 12.5. The molecule has 0 bridgehead atoms. The number of amides is 1. The van der Waals surface area contributed by atoms with Crippen molar-refractivity contribution in [2.24, 2.45) is 0 Å². The van der Waals surface area contributed by atoms with Crippen LogP contribution in [0.15, 0.2) is 66.7 Å². The highest BCUT2D eigenvalue weighted by Crippen LogP contribution is 2.25. The number of hydrogen-bond acceptors (Lipinski definition) is 6. The molecule has 1 aliphatic heterocycles. The van der Waals surface area contributed by atoms with Crippen molar-refractivity contribution in [1.82, 2.24) is 25.2 Å². The number of pyridine rings is 1. The fourth-order valence-corrected chi connectivity index (χ4v) is 4.03. The first kappa shape index (κ1) is 21.0. The van der Waals surface area contributed by atoms with Crippen molar-refractivity contribution in [2.45, 2.75) is 18.9 Å². The summed E-state index contributed by atoms with van der Waals surface area (Å²) >= 11 is 0. The maximum Gasteiger partial charge on any atom is 0.251 e. The molecule has 8 nitrogen and oxygen atoms in total. The number of methoxy groups -OCH3 is 1. The van der Waals surface area contributed by atoms with E-state index in [1.54, 1.807) is 11.6 Å².